The predicted octanol–water partition coefficient (Wildman–Crippen LogP) is 1.52. The van der Waals surface area contributed by atoms with Crippen LogP contribution in [0.25, 0.3) is 0 Å². The Morgan fingerprint density at radius 3 is 2.53 bits per heavy atom. The van der Waals surface area contributed by atoms with Crippen LogP contribution in [0.5, 0.6) is 23.0 Å². The van der Waals surface area contributed by atoms with Crippen molar-refractivity contribution < 1.29 is 37.4 Å². The number of ether oxygens (including phenoxy) is 4. The zero-order valence-corrected chi connectivity index (χ0v) is 17.3. The first-order chi connectivity index (χ1) is 14.4. The molecule has 1 heterocycles. The number of amides is 1. The lowest BCUT2D eigenvalue weighted by Gasteiger charge is -2.22. The Balaban J connectivity index is 1.93. The van der Waals surface area contributed by atoms with E-state index < -0.39 is 15.9 Å². The van der Waals surface area contributed by atoms with Gasteiger partial charge in [0, 0.05) is 25.6 Å². The van der Waals surface area contributed by atoms with Gasteiger partial charge in [0.2, 0.25) is 22.7 Å². The summed E-state index contributed by atoms with van der Waals surface area (Å²) in [5.41, 5.74) is 2.16. The predicted molar refractivity (Wildman–Crippen MR) is 104 cm³/mol. The van der Waals surface area contributed by atoms with Gasteiger partial charge in [0.25, 0.3) is 0 Å². The standard InChI is InChI=1S/C19H22N2O8S/c1-26-15-6-4-14(10-17(15)27-2)30(24,25)21(8-7-19(22)20-23)11-13-3-5-16-18(9-13)29-12-28-16/h3-6,9-10,23H,7-8,11-12H2,1-2H3,(H,20,22). The molecular formula is C19H22N2O8S. The summed E-state index contributed by atoms with van der Waals surface area (Å²) in [7, 11) is -1.15. The highest BCUT2D eigenvalue weighted by Crippen LogP contribution is 2.34. The number of sulfonamides is 1. The molecule has 2 aromatic rings. The summed E-state index contributed by atoms with van der Waals surface area (Å²) in [5, 5.41) is 8.76. The van der Waals surface area contributed by atoms with Gasteiger partial charge in [-0.15, -0.1) is 0 Å². The number of nitrogens with one attached hydrogen (secondary N) is 1. The number of carbonyl (C=O) groups is 1. The lowest BCUT2D eigenvalue weighted by Crippen LogP contribution is -2.34. The van der Waals surface area contributed by atoms with Crippen molar-refractivity contribution in [1.29, 1.82) is 0 Å². The monoisotopic (exact) mass is 438 g/mol. The lowest BCUT2D eigenvalue weighted by atomic mass is 10.2. The molecule has 11 heteroatoms. The molecule has 1 aliphatic heterocycles. The van der Waals surface area contributed by atoms with Gasteiger partial charge < -0.3 is 18.9 Å². The molecule has 0 unspecified atom stereocenters. The molecule has 3 rings (SSSR count). The molecule has 0 saturated heterocycles. The molecule has 30 heavy (non-hydrogen) atoms. The first-order valence-corrected chi connectivity index (χ1v) is 10.4. The third-order valence-electron chi connectivity index (χ3n) is 4.50. The van der Waals surface area contributed by atoms with Gasteiger partial charge in [-0.1, -0.05) is 6.07 Å². The maximum Gasteiger partial charge on any atom is 0.244 e. The third-order valence-corrected chi connectivity index (χ3v) is 6.34. The minimum Gasteiger partial charge on any atom is -0.493 e. The fraction of sp³-hybridized carbons (Fsp3) is 0.316. The van der Waals surface area contributed by atoms with Gasteiger partial charge >= 0.3 is 0 Å². The minimum absolute atomic E-state index is 0.0218. The Labute approximate surface area is 173 Å². The molecule has 0 bridgehead atoms. The molecule has 162 valence electrons. The highest BCUT2D eigenvalue weighted by molar-refractivity contribution is 7.89. The van der Waals surface area contributed by atoms with Crippen molar-refractivity contribution in [2.45, 2.75) is 17.9 Å². The Kier molecular flexibility index (Phi) is 6.65. The molecule has 1 amide bonds. The Morgan fingerprint density at radius 1 is 1.10 bits per heavy atom. The van der Waals surface area contributed by atoms with Crippen molar-refractivity contribution in [1.82, 2.24) is 9.79 Å². The van der Waals surface area contributed by atoms with Gasteiger partial charge in [-0.3, -0.25) is 10.0 Å². The van der Waals surface area contributed by atoms with Crippen LogP contribution in [0.15, 0.2) is 41.3 Å². The highest BCUT2D eigenvalue weighted by Gasteiger charge is 2.27. The molecule has 0 aromatic heterocycles. The SMILES string of the molecule is COc1ccc(S(=O)(=O)N(CCC(=O)NO)Cc2ccc3c(c2)OCO3)cc1OC. The summed E-state index contributed by atoms with van der Waals surface area (Å²) in [6.07, 6.45) is -0.229. The number of methoxy groups -OCH3 is 2. The van der Waals surface area contributed by atoms with Crippen LogP contribution in [-0.2, 0) is 21.4 Å². The molecule has 10 nitrogen and oxygen atoms in total. The van der Waals surface area contributed by atoms with Crippen molar-refractivity contribution >= 4 is 15.9 Å². The molecule has 2 aromatic carbocycles. The van der Waals surface area contributed by atoms with E-state index in [1.807, 2.05) is 0 Å². The number of carbonyl (C=O) groups excluding carboxylic acids is 1. The van der Waals surface area contributed by atoms with Crippen molar-refractivity contribution in [2.24, 2.45) is 0 Å². The van der Waals surface area contributed by atoms with Gasteiger partial charge in [-0.05, 0) is 29.8 Å². The average Bonchev–Trinajstić information content (AvgIpc) is 3.23. The fourth-order valence-electron chi connectivity index (χ4n) is 2.94. The van der Waals surface area contributed by atoms with E-state index >= 15 is 0 Å². The first-order valence-electron chi connectivity index (χ1n) is 8.92. The van der Waals surface area contributed by atoms with Crippen molar-refractivity contribution in [3.8, 4) is 23.0 Å². The normalized spacial score (nSPS) is 12.7. The maximum atomic E-state index is 13.3. The highest BCUT2D eigenvalue weighted by atomic mass is 32.2. The second-order valence-electron chi connectivity index (χ2n) is 6.33. The zero-order valence-electron chi connectivity index (χ0n) is 16.5. The largest absolute Gasteiger partial charge is 0.493 e. The number of rotatable bonds is 9. The lowest BCUT2D eigenvalue weighted by molar-refractivity contribution is -0.129. The summed E-state index contributed by atoms with van der Waals surface area (Å²) >= 11 is 0. The van der Waals surface area contributed by atoms with Gasteiger partial charge in [-0.25, -0.2) is 13.9 Å². The van der Waals surface area contributed by atoms with E-state index in [-0.39, 0.29) is 36.9 Å². The maximum absolute atomic E-state index is 13.3. The summed E-state index contributed by atoms with van der Waals surface area (Å²) < 4.78 is 48.8. The molecule has 0 spiro atoms. The van der Waals surface area contributed by atoms with Crippen molar-refractivity contribution in [3.05, 3.63) is 42.0 Å². The van der Waals surface area contributed by atoms with Crippen LogP contribution < -0.4 is 24.4 Å². The van der Waals surface area contributed by atoms with E-state index in [0.717, 1.165) is 4.31 Å². The minimum atomic E-state index is -4.01. The van der Waals surface area contributed by atoms with Gasteiger partial charge in [-0.2, -0.15) is 4.31 Å². The van der Waals surface area contributed by atoms with E-state index in [1.54, 1.807) is 18.2 Å². The number of hydrogen-bond donors (Lipinski definition) is 2. The van der Waals surface area contributed by atoms with Crippen molar-refractivity contribution in [3.63, 3.8) is 0 Å². The molecule has 0 aliphatic carbocycles. The number of fused-ring (bicyclic) bond motifs is 1. The second kappa shape index (κ2) is 9.20. The van der Waals surface area contributed by atoms with E-state index in [0.29, 0.717) is 22.8 Å². The number of nitrogens with zero attached hydrogens (tertiary/aromatic N) is 1. The Bertz CT molecular complexity index is 1030. The second-order valence-corrected chi connectivity index (χ2v) is 8.27. The van der Waals surface area contributed by atoms with Gasteiger partial charge in [0.1, 0.15) is 0 Å². The zero-order chi connectivity index (χ0) is 21.7. The van der Waals surface area contributed by atoms with E-state index in [2.05, 4.69) is 0 Å². The molecular weight excluding hydrogens is 416 g/mol. The van der Waals surface area contributed by atoms with Gasteiger partial charge in [0.05, 0.1) is 19.1 Å². The Hall–Kier alpha value is -3.02. The van der Waals surface area contributed by atoms with Gasteiger partial charge in [0.15, 0.2) is 23.0 Å². The summed E-state index contributed by atoms with van der Waals surface area (Å²) in [4.78, 5) is 11.5. The number of benzene rings is 2. The summed E-state index contributed by atoms with van der Waals surface area (Å²) in [6.45, 7) is -0.0767. The average molecular weight is 438 g/mol. The fourth-order valence-corrected chi connectivity index (χ4v) is 4.38. The van der Waals surface area contributed by atoms with Crippen molar-refractivity contribution in [2.75, 3.05) is 27.6 Å². The van der Waals surface area contributed by atoms with E-state index in [4.69, 9.17) is 24.2 Å². The first kappa shape index (κ1) is 21.7. The van der Waals surface area contributed by atoms with Crippen LogP contribution in [0.3, 0.4) is 0 Å². The van der Waals surface area contributed by atoms with Crippen LogP contribution in [0, 0.1) is 0 Å². The van der Waals surface area contributed by atoms with Crippen LogP contribution >= 0.6 is 0 Å². The third kappa shape index (κ3) is 4.58. The molecule has 2 N–H and O–H groups in total. The summed E-state index contributed by atoms with van der Waals surface area (Å²) in [5.74, 6) is 1.04. The van der Waals surface area contributed by atoms with Crippen LogP contribution in [0.1, 0.15) is 12.0 Å². The Morgan fingerprint density at radius 2 is 1.83 bits per heavy atom. The van der Waals surface area contributed by atoms with E-state index in [9.17, 15) is 13.2 Å². The van der Waals surface area contributed by atoms with E-state index in [1.165, 1.54) is 37.9 Å². The topological polar surface area (TPSA) is 124 Å². The van der Waals surface area contributed by atoms with Crippen LogP contribution in [0.2, 0.25) is 0 Å². The molecule has 0 radical (unpaired) electrons. The summed E-state index contributed by atoms with van der Waals surface area (Å²) in [6, 6.07) is 9.34. The van der Waals surface area contributed by atoms with Crippen LogP contribution in [0.4, 0.5) is 0 Å². The molecule has 0 fully saturated rings. The molecule has 1 aliphatic rings. The quantitative estimate of drug-likeness (QED) is 0.446. The molecule has 0 saturated carbocycles. The number of hydrogen-bond acceptors (Lipinski definition) is 8. The van der Waals surface area contributed by atoms with Crippen LogP contribution in [-0.4, -0.2) is 51.4 Å². The molecule has 0 atom stereocenters. The smallest absolute Gasteiger partial charge is 0.244 e. The number of hydroxylamine groups is 1.